The van der Waals surface area contributed by atoms with Crippen molar-refractivity contribution in [3.05, 3.63) is 318 Å². The Morgan fingerprint density at radius 1 is 0.286 bits per heavy atom. The number of aromatic nitrogens is 2. The minimum absolute atomic E-state index is 0.633. The highest BCUT2D eigenvalue weighted by Crippen LogP contribution is 2.60. The van der Waals surface area contributed by atoms with Crippen molar-refractivity contribution in [2.45, 2.75) is 10.8 Å². The predicted molar refractivity (Wildman–Crippen MR) is 287 cm³/mol. The number of pyridine rings is 2. The third-order valence-electron chi connectivity index (χ3n) is 14.8. The fraction of sp³-hybridized carbons (Fsp3) is 0.0303. The third-order valence-corrected chi connectivity index (χ3v) is 17.9. The van der Waals surface area contributed by atoms with Gasteiger partial charge >= 0.3 is 0 Å². The Kier molecular flexibility index (Phi) is 9.90. The Balaban J connectivity index is 1.08. The van der Waals surface area contributed by atoms with Gasteiger partial charge in [0.2, 0.25) is 0 Å². The van der Waals surface area contributed by atoms with Crippen molar-refractivity contribution in [2.75, 3.05) is 0 Å². The largest absolute Gasteiger partial charge is 0.309 e. The van der Waals surface area contributed by atoms with Crippen LogP contribution in [-0.2, 0) is 15.4 Å². The van der Waals surface area contributed by atoms with Crippen molar-refractivity contribution in [3.63, 3.8) is 0 Å². The molecular formula is C66H45N2OP. The second-order valence-corrected chi connectivity index (χ2v) is 21.1. The molecule has 13 rings (SSSR count). The van der Waals surface area contributed by atoms with E-state index in [2.05, 4.69) is 206 Å². The maximum Gasteiger partial charge on any atom is 0.171 e. The SMILES string of the molecule is O=P(c1ccccc1)(c1ccc2c(c1)-c1cc(-c3ccccn3)ccc1C2(c1ccccc1)c1ccccc1)c1ccc2c(c1)-c1cc(-c3ccccn3)ccc1C2(c1ccccc1)c1ccccc1. The van der Waals surface area contributed by atoms with Crippen molar-refractivity contribution in [2.24, 2.45) is 0 Å². The van der Waals surface area contributed by atoms with Gasteiger partial charge in [0, 0.05) is 39.4 Å². The molecule has 0 aliphatic heterocycles. The van der Waals surface area contributed by atoms with Crippen LogP contribution in [0.4, 0.5) is 0 Å². The van der Waals surface area contributed by atoms with Crippen LogP contribution in [0.2, 0.25) is 0 Å². The molecule has 11 aromatic rings. The van der Waals surface area contributed by atoms with Crippen molar-refractivity contribution >= 4 is 23.1 Å². The molecule has 2 aliphatic rings. The molecule has 0 amide bonds. The number of hydrogen-bond donors (Lipinski definition) is 0. The van der Waals surface area contributed by atoms with E-state index in [0.717, 1.165) is 71.8 Å². The van der Waals surface area contributed by atoms with Crippen LogP contribution < -0.4 is 15.9 Å². The molecule has 0 fully saturated rings. The summed E-state index contributed by atoms with van der Waals surface area (Å²) in [4.78, 5) is 9.57. The second kappa shape index (κ2) is 16.6. The Hall–Kier alpha value is -8.49. The molecule has 330 valence electrons. The van der Waals surface area contributed by atoms with Crippen molar-refractivity contribution < 1.29 is 4.57 Å². The zero-order chi connectivity index (χ0) is 46.7. The first-order chi connectivity index (χ1) is 34.6. The van der Waals surface area contributed by atoms with E-state index in [9.17, 15) is 0 Å². The third kappa shape index (κ3) is 6.18. The van der Waals surface area contributed by atoms with Gasteiger partial charge in [-0.25, -0.2) is 0 Å². The molecule has 2 aromatic heterocycles. The van der Waals surface area contributed by atoms with E-state index in [1.165, 1.54) is 33.4 Å². The lowest BCUT2D eigenvalue weighted by molar-refractivity contribution is 0.592. The van der Waals surface area contributed by atoms with Gasteiger partial charge in [0.25, 0.3) is 0 Å². The molecule has 2 heterocycles. The van der Waals surface area contributed by atoms with Crippen molar-refractivity contribution in [1.82, 2.24) is 9.97 Å². The summed E-state index contributed by atoms with van der Waals surface area (Å²) in [6.45, 7) is 0. The summed E-state index contributed by atoms with van der Waals surface area (Å²) in [5.41, 5.74) is 16.3. The first kappa shape index (κ1) is 41.7. The smallest absolute Gasteiger partial charge is 0.171 e. The molecule has 0 bridgehead atoms. The molecule has 4 heteroatoms. The first-order valence-electron chi connectivity index (χ1n) is 23.9. The first-order valence-corrected chi connectivity index (χ1v) is 25.6. The minimum atomic E-state index is -3.60. The zero-order valence-electron chi connectivity index (χ0n) is 38.2. The van der Waals surface area contributed by atoms with Gasteiger partial charge in [-0.1, -0.05) is 212 Å². The maximum absolute atomic E-state index is 17.2. The number of hydrogen-bond acceptors (Lipinski definition) is 3. The maximum atomic E-state index is 17.2. The molecule has 70 heavy (non-hydrogen) atoms. The van der Waals surface area contributed by atoms with E-state index < -0.39 is 18.0 Å². The fourth-order valence-electron chi connectivity index (χ4n) is 11.8. The topological polar surface area (TPSA) is 42.9 Å². The molecule has 9 aromatic carbocycles. The Morgan fingerprint density at radius 3 is 0.943 bits per heavy atom. The Bertz CT molecular complexity index is 3460. The number of fused-ring (bicyclic) bond motifs is 6. The normalized spacial score (nSPS) is 13.7. The van der Waals surface area contributed by atoms with Crippen LogP contribution in [0.15, 0.2) is 273 Å². The molecule has 0 radical (unpaired) electrons. The minimum Gasteiger partial charge on any atom is -0.309 e. The molecule has 3 nitrogen and oxygen atoms in total. The molecule has 0 saturated carbocycles. The van der Waals surface area contributed by atoms with Crippen LogP contribution in [0.3, 0.4) is 0 Å². The van der Waals surface area contributed by atoms with Gasteiger partial charge in [0.05, 0.1) is 22.2 Å². The molecule has 0 atom stereocenters. The quantitative estimate of drug-likeness (QED) is 0.136. The summed E-state index contributed by atoms with van der Waals surface area (Å²) >= 11 is 0. The van der Waals surface area contributed by atoms with Crippen LogP contribution in [0.1, 0.15) is 44.5 Å². The van der Waals surface area contributed by atoms with Gasteiger partial charge in [0.1, 0.15) is 0 Å². The van der Waals surface area contributed by atoms with Crippen molar-refractivity contribution in [1.29, 1.82) is 0 Å². The summed E-state index contributed by atoms with van der Waals surface area (Å²) < 4.78 is 17.2. The van der Waals surface area contributed by atoms with Crippen LogP contribution in [-0.4, -0.2) is 9.97 Å². The Labute approximate surface area is 408 Å². The average molecular weight is 913 g/mol. The number of benzene rings is 9. The van der Waals surface area contributed by atoms with Crippen LogP contribution >= 0.6 is 7.14 Å². The number of nitrogens with zero attached hydrogens (tertiary/aromatic N) is 2. The van der Waals surface area contributed by atoms with Crippen LogP contribution in [0.5, 0.6) is 0 Å². The molecule has 0 unspecified atom stereocenters. The van der Waals surface area contributed by atoms with Crippen LogP contribution in [0.25, 0.3) is 44.8 Å². The predicted octanol–water partition coefficient (Wildman–Crippen LogP) is 14.2. The second-order valence-electron chi connectivity index (χ2n) is 18.3. The lowest BCUT2D eigenvalue weighted by atomic mass is 9.67. The molecule has 2 aliphatic carbocycles. The van der Waals surface area contributed by atoms with Gasteiger partial charge in [-0.15, -0.1) is 0 Å². The van der Waals surface area contributed by atoms with Crippen LogP contribution in [0, 0.1) is 0 Å². The van der Waals surface area contributed by atoms with E-state index in [0.29, 0.717) is 0 Å². The summed E-state index contributed by atoms with van der Waals surface area (Å²) in [5.74, 6) is 0. The summed E-state index contributed by atoms with van der Waals surface area (Å²) in [5, 5.41) is 2.34. The monoisotopic (exact) mass is 912 g/mol. The van der Waals surface area contributed by atoms with Gasteiger partial charge in [-0.2, -0.15) is 0 Å². The highest BCUT2D eigenvalue weighted by atomic mass is 31.2. The highest BCUT2D eigenvalue weighted by molar-refractivity contribution is 7.85. The summed E-state index contributed by atoms with van der Waals surface area (Å²) in [7, 11) is -3.60. The zero-order valence-corrected chi connectivity index (χ0v) is 39.1. The lowest BCUT2D eigenvalue weighted by Gasteiger charge is -2.34. The average Bonchev–Trinajstić information content (AvgIpc) is 3.91. The molecule has 0 N–H and O–H groups in total. The highest BCUT2D eigenvalue weighted by Gasteiger charge is 2.49. The van der Waals surface area contributed by atoms with Gasteiger partial charge in [0.15, 0.2) is 7.14 Å². The van der Waals surface area contributed by atoms with E-state index in [1.54, 1.807) is 0 Å². The van der Waals surface area contributed by atoms with Gasteiger partial charge < -0.3 is 4.57 Å². The molecular weight excluding hydrogens is 868 g/mol. The van der Waals surface area contributed by atoms with E-state index in [-0.39, 0.29) is 0 Å². The van der Waals surface area contributed by atoms with E-state index in [4.69, 9.17) is 9.97 Å². The van der Waals surface area contributed by atoms with Gasteiger partial charge in [-0.3, -0.25) is 9.97 Å². The summed E-state index contributed by atoms with van der Waals surface area (Å²) in [6.07, 6.45) is 3.70. The van der Waals surface area contributed by atoms with Crippen molar-refractivity contribution in [3.8, 4) is 44.8 Å². The number of rotatable bonds is 9. The Morgan fingerprint density at radius 2 is 0.600 bits per heavy atom. The molecule has 0 saturated heterocycles. The van der Waals surface area contributed by atoms with E-state index >= 15 is 4.57 Å². The molecule has 0 spiro atoms. The summed E-state index contributed by atoms with van der Waals surface area (Å²) in [6, 6.07) is 92.5. The standard InChI is InChI=1S/C66H45N2OP/c69-70(52-28-14-5-15-29-52,53-34-38-61-57(44-53)55-42-46(63-30-16-18-40-67-63)32-36-59(55)65(61,48-20-6-1-7-21-48)49-22-8-2-9-23-49)54-35-39-62-58(45-54)56-43-47(64-31-17-19-41-68-64)33-37-60(56)66(62,50-24-10-3-11-25-50)51-26-12-4-13-27-51/h1-45H. The van der Waals surface area contributed by atoms with Gasteiger partial charge in [-0.05, 0) is 115 Å². The fourth-order valence-corrected chi connectivity index (χ4v) is 14.5. The van der Waals surface area contributed by atoms with E-state index in [1.807, 2.05) is 67.0 Å². The lowest BCUT2D eigenvalue weighted by Crippen LogP contribution is -2.30.